The average Bonchev–Trinajstić information content (AvgIpc) is 2.98. The second-order valence-electron chi connectivity index (χ2n) is 8.61. The zero-order valence-corrected chi connectivity index (χ0v) is 15.2. The molecule has 4 fully saturated rings. The van der Waals surface area contributed by atoms with E-state index >= 15 is 0 Å². The molecule has 0 atom stereocenters. The van der Waals surface area contributed by atoms with Crippen molar-refractivity contribution in [2.24, 2.45) is 0 Å². The van der Waals surface area contributed by atoms with Gasteiger partial charge in [-0.1, -0.05) is 6.08 Å². The summed E-state index contributed by atoms with van der Waals surface area (Å²) in [7, 11) is 0. The van der Waals surface area contributed by atoms with Crippen molar-refractivity contribution in [3.8, 4) is 0 Å². The summed E-state index contributed by atoms with van der Waals surface area (Å²) >= 11 is 0. The van der Waals surface area contributed by atoms with E-state index in [4.69, 9.17) is 5.10 Å². The lowest BCUT2D eigenvalue weighted by Gasteiger charge is -2.52. The van der Waals surface area contributed by atoms with Crippen molar-refractivity contribution in [3.63, 3.8) is 0 Å². The molecule has 1 aromatic heterocycles. The van der Waals surface area contributed by atoms with Gasteiger partial charge in [0.15, 0.2) is 0 Å². The Hall–Kier alpha value is -1.17. The van der Waals surface area contributed by atoms with Crippen LogP contribution in [-0.4, -0.2) is 70.9 Å². The summed E-state index contributed by atoms with van der Waals surface area (Å²) in [5.74, 6) is 0.693. The number of nitrogens with zero attached hydrogens (tertiary/aromatic N) is 4. The molecule has 4 heterocycles. The number of rotatable bonds is 5. The van der Waals surface area contributed by atoms with Crippen LogP contribution >= 0.6 is 0 Å². The Bertz CT molecular complexity index is 616. The molecule has 3 saturated heterocycles. The summed E-state index contributed by atoms with van der Waals surface area (Å²) < 4.78 is 2.20. The van der Waals surface area contributed by atoms with Gasteiger partial charge in [0.25, 0.3) is 0 Å². The van der Waals surface area contributed by atoms with E-state index in [1.807, 2.05) is 0 Å². The Balaban J connectivity index is 1.14. The SMILES string of the molecule is C=CC1(n2cc(C3CCN(C4CN(C5CNC5)C4)CC3)cn2)CCC1. The minimum absolute atomic E-state index is 0.116. The van der Waals surface area contributed by atoms with E-state index in [1.54, 1.807) is 0 Å². The van der Waals surface area contributed by atoms with Crippen molar-refractivity contribution in [3.05, 3.63) is 30.6 Å². The van der Waals surface area contributed by atoms with E-state index in [0.717, 1.165) is 12.1 Å². The Morgan fingerprint density at radius 3 is 2.44 bits per heavy atom. The van der Waals surface area contributed by atoms with Crippen LogP contribution in [0.5, 0.6) is 0 Å². The highest BCUT2D eigenvalue weighted by Gasteiger charge is 2.40. The maximum absolute atomic E-state index is 4.70. The van der Waals surface area contributed by atoms with Crippen molar-refractivity contribution < 1.29 is 0 Å². The predicted octanol–water partition coefficient (Wildman–Crippen LogP) is 1.78. The first kappa shape index (κ1) is 16.0. The molecule has 0 radical (unpaired) electrons. The molecule has 25 heavy (non-hydrogen) atoms. The molecule has 3 aliphatic heterocycles. The van der Waals surface area contributed by atoms with E-state index in [1.165, 1.54) is 76.9 Å². The second-order valence-corrected chi connectivity index (χ2v) is 8.61. The van der Waals surface area contributed by atoms with Gasteiger partial charge in [0.1, 0.15) is 0 Å². The largest absolute Gasteiger partial charge is 0.314 e. The van der Waals surface area contributed by atoms with E-state index in [2.05, 4.69) is 44.8 Å². The third-order valence-electron chi connectivity index (χ3n) is 7.34. The highest BCUT2D eigenvalue weighted by atomic mass is 15.4. The third kappa shape index (κ3) is 2.68. The minimum Gasteiger partial charge on any atom is -0.314 e. The third-order valence-corrected chi connectivity index (χ3v) is 7.34. The molecule has 0 aromatic carbocycles. The van der Waals surface area contributed by atoms with E-state index in [-0.39, 0.29) is 5.54 Å². The number of hydrogen-bond donors (Lipinski definition) is 1. The van der Waals surface area contributed by atoms with Crippen LogP contribution in [0.1, 0.15) is 43.6 Å². The summed E-state index contributed by atoms with van der Waals surface area (Å²) in [6.45, 7) is 11.5. The van der Waals surface area contributed by atoms with Crippen LogP contribution in [0.4, 0.5) is 0 Å². The van der Waals surface area contributed by atoms with Gasteiger partial charge in [-0.25, -0.2) is 0 Å². The van der Waals surface area contributed by atoms with Crippen LogP contribution in [0.15, 0.2) is 25.0 Å². The molecule has 1 N–H and O–H groups in total. The molecule has 1 aromatic rings. The van der Waals surface area contributed by atoms with Gasteiger partial charge in [0.2, 0.25) is 0 Å². The van der Waals surface area contributed by atoms with Crippen LogP contribution < -0.4 is 5.32 Å². The molecule has 0 bridgehead atoms. The maximum Gasteiger partial charge on any atom is 0.0804 e. The molecule has 1 aliphatic carbocycles. The molecule has 0 amide bonds. The van der Waals surface area contributed by atoms with Crippen LogP contribution in [0.3, 0.4) is 0 Å². The first-order valence-corrected chi connectivity index (χ1v) is 10.1. The fraction of sp³-hybridized carbons (Fsp3) is 0.750. The van der Waals surface area contributed by atoms with Crippen LogP contribution in [0.2, 0.25) is 0 Å². The fourth-order valence-corrected chi connectivity index (χ4v) is 5.00. The van der Waals surface area contributed by atoms with E-state index < -0.39 is 0 Å². The van der Waals surface area contributed by atoms with Gasteiger partial charge < -0.3 is 5.32 Å². The van der Waals surface area contributed by atoms with Crippen LogP contribution in [-0.2, 0) is 5.54 Å². The highest BCUT2D eigenvalue weighted by molar-refractivity contribution is 5.17. The number of hydrogen-bond acceptors (Lipinski definition) is 4. The first-order chi connectivity index (χ1) is 12.3. The summed E-state index contributed by atoms with van der Waals surface area (Å²) in [5, 5.41) is 8.09. The Morgan fingerprint density at radius 2 is 1.88 bits per heavy atom. The first-order valence-electron chi connectivity index (χ1n) is 10.1. The molecule has 0 unspecified atom stereocenters. The zero-order valence-electron chi connectivity index (χ0n) is 15.2. The number of piperidine rings is 1. The summed E-state index contributed by atoms with van der Waals surface area (Å²) in [5.41, 5.74) is 1.56. The minimum atomic E-state index is 0.116. The van der Waals surface area contributed by atoms with Crippen molar-refractivity contribution in [1.29, 1.82) is 0 Å². The van der Waals surface area contributed by atoms with Crippen molar-refractivity contribution in [1.82, 2.24) is 24.9 Å². The van der Waals surface area contributed by atoms with Gasteiger partial charge in [-0.05, 0) is 56.7 Å². The van der Waals surface area contributed by atoms with Gasteiger partial charge >= 0.3 is 0 Å². The van der Waals surface area contributed by atoms with E-state index in [9.17, 15) is 0 Å². The normalized spacial score (nSPS) is 29.0. The second kappa shape index (κ2) is 6.22. The lowest BCUT2D eigenvalue weighted by molar-refractivity contribution is -0.0187. The number of nitrogens with one attached hydrogen (secondary N) is 1. The standard InChI is InChI=1S/C20H31N5/c1-2-20(6-3-7-20)25-13-17(10-22-25)16-4-8-23(9-5-16)19-14-24(15-19)18-11-21-12-18/h2,10,13,16,18-19,21H,1,3-9,11-12,14-15H2. The Morgan fingerprint density at radius 1 is 1.12 bits per heavy atom. The van der Waals surface area contributed by atoms with Crippen molar-refractivity contribution in [2.45, 2.75) is 55.6 Å². The van der Waals surface area contributed by atoms with Crippen molar-refractivity contribution >= 4 is 0 Å². The molecule has 5 heteroatoms. The predicted molar refractivity (Wildman–Crippen MR) is 99.8 cm³/mol. The van der Waals surface area contributed by atoms with Gasteiger partial charge in [0, 0.05) is 44.5 Å². The molecular formula is C20H31N5. The van der Waals surface area contributed by atoms with Gasteiger partial charge in [-0.2, -0.15) is 5.10 Å². The molecule has 4 aliphatic rings. The molecule has 1 saturated carbocycles. The summed E-state index contributed by atoms with van der Waals surface area (Å²) in [6.07, 6.45) is 12.8. The molecule has 5 rings (SSSR count). The fourth-order valence-electron chi connectivity index (χ4n) is 5.00. The van der Waals surface area contributed by atoms with E-state index in [0.29, 0.717) is 5.92 Å². The number of aromatic nitrogens is 2. The molecule has 0 spiro atoms. The zero-order chi connectivity index (χ0) is 16.9. The Kier molecular flexibility index (Phi) is 3.99. The quantitative estimate of drug-likeness (QED) is 0.829. The lowest BCUT2D eigenvalue weighted by Crippen LogP contribution is -2.69. The molecular weight excluding hydrogens is 310 g/mol. The monoisotopic (exact) mass is 341 g/mol. The highest BCUT2D eigenvalue weighted by Crippen LogP contribution is 2.40. The average molecular weight is 342 g/mol. The van der Waals surface area contributed by atoms with Crippen molar-refractivity contribution in [2.75, 3.05) is 39.3 Å². The van der Waals surface area contributed by atoms with Crippen LogP contribution in [0, 0.1) is 0 Å². The summed E-state index contributed by atoms with van der Waals surface area (Å²) in [6, 6.07) is 1.63. The van der Waals surface area contributed by atoms with Gasteiger partial charge in [-0.3, -0.25) is 14.5 Å². The Labute approximate surface area is 151 Å². The summed E-state index contributed by atoms with van der Waals surface area (Å²) in [4.78, 5) is 5.39. The topological polar surface area (TPSA) is 36.3 Å². The number of likely N-dealkylation sites (tertiary alicyclic amines) is 2. The maximum atomic E-state index is 4.70. The molecule has 136 valence electrons. The lowest BCUT2D eigenvalue weighted by atomic mass is 9.77. The number of allylic oxidation sites excluding steroid dienone is 1. The van der Waals surface area contributed by atoms with Gasteiger partial charge in [0.05, 0.1) is 11.7 Å². The van der Waals surface area contributed by atoms with Crippen LogP contribution in [0.25, 0.3) is 0 Å². The van der Waals surface area contributed by atoms with Gasteiger partial charge in [-0.15, -0.1) is 6.58 Å². The molecule has 5 nitrogen and oxygen atoms in total. The smallest absolute Gasteiger partial charge is 0.0804 e.